The topological polar surface area (TPSA) is 99.2 Å². The molecule has 0 radical (unpaired) electrons. The highest BCUT2D eigenvalue weighted by atomic mass is 19.2. The zero-order chi connectivity index (χ0) is 31.9. The van der Waals surface area contributed by atoms with Crippen molar-refractivity contribution in [2.75, 3.05) is 7.11 Å². The van der Waals surface area contributed by atoms with Gasteiger partial charge in [-0.25, -0.2) is 27.5 Å². The standard InChI is InChI=1S/C17H18F2N2O2.C16H16F2N2O2/c1-8(17(22)23-2)16-10-3-9(4-11(10)16)21-7-20-14-5-12(18)13(19)6-15(14)21;1-7(16(21)22)15-9-2-8(3-10(9)15)20-6-19-13-4-11(17)12(18)5-14(13)20/h5-11,16H,3-4H2,1-2H3;4-10,15H,2-3H2,1H3,(H,21,22)/t8?,9?,10-,11+,16?;7?,8?,9-,10+,15?. The second-order valence-electron chi connectivity index (χ2n) is 13.3. The molecule has 0 aliphatic heterocycles. The smallest absolute Gasteiger partial charge is 0.308 e. The monoisotopic (exact) mass is 626 g/mol. The van der Waals surface area contributed by atoms with Crippen LogP contribution < -0.4 is 0 Å². The van der Waals surface area contributed by atoms with Crippen molar-refractivity contribution in [2.24, 2.45) is 47.3 Å². The summed E-state index contributed by atoms with van der Waals surface area (Å²) in [6.07, 6.45) is 6.96. The van der Waals surface area contributed by atoms with Gasteiger partial charge in [0.05, 0.1) is 53.7 Å². The summed E-state index contributed by atoms with van der Waals surface area (Å²) < 4.78 is 62.2. The Bertz CT molecular complexity index is 1800. The van der Waals surface area contributed by atoms with Crippen molar-refractivity contribution in [3.05, 3.63) is 60.2 Å². The van der Waals surface area contributed by atoms with E-state index in [-0.39, 0.29) is 35.8 Å². The number of fused-ring (bicyclic) bond motifs is 4. The Kier molecular flexibility index (Phi) is 7.16. The first kappa shape index (κ1) is 29.7. The molecule has 6 unspecified atom stereocenters. The largest absolute Gasteiger partial charge is 0.481 e. The average Bonchev–Trinajstić information content (AvgIpc) is 3.46. The number of rotatable bonds is 6. The number of halogens is 4. The molecule has 8 nitrogen and oxygen atoms in total. The maximum absolute atomic E-state index is 13.5. The Hall–Kier alpha value is -3.96. The Balaban J connectivity index is 0.000000145. The number of carboxylic acids is 1. The van der Waals surface area contributed by atoms with Crippen LogP contribution in [0.25, 0.3) is 22.1 Å². The van der Waals surface area contributed by atoms with Crippen molar-refractivity contribution in [3.63, 3.8) is 0 Å². The fraction of sp³-hybridized carbons (Fsp3) is 0.515. The van der Waals surface area contributed by atoms with Gasteiger partial charge >= 0.3 is 11.9 Å². The number of carbonyl (C=O) groups is 2. The molecule has 4 aromatic rings. The second-order valence-corrected chi connectivity index (χ2v) is 13.3. The van der Waals surface area contributed by atoms with Crippen LogP contribution in [0.1, 0.15) is 51.6 Å². The summed E-state index contributed by atoms with van der Waals surface area (Å²) in [5, 5.41) is 9.10. The number of nitrogens with zero attached hydrogens (tertiary/aromatic N) is 4. The lowest BCUT2D eigenvalue weighted by Gasteiger charge is -2.19. The van der Waals surface area contributed by atoms with Gasteiger partial charge in [-0.15, -0.1) is 0 Å². The van der Waals surface area contributed by atoms with Crippen LogP contribution in [0.3, 0.4) is 0 Å². The summed E-state index contributed by atoms with van der Waals surface area (Å²) in [5.41, 5.74) is 2.17. The van der Waals surface area contributed by atoms with E-state index < -0.39 is 29.2 Å². The summed E-state index contributed by atoms with van der Waals surface area (Å²) in [4.78, 5) is 31.1. The van der Waals surface area contributed by atoms with Crippen molar-refractivity contribution in [3.8, 4) is 0 Å². The zero-order valence-corrected chi connectivity index (χ0v) is 25.0. The minimum Gasteiger partial charge on any atom is -0.481 e. The molecular weight excluding hydrogens is 592 g/mol. The van der Waals surface area contributed by atoms with E-state index in [1.54, 1.807) is 19.6 Å². The van der Waals surface area contributed by atoms with Gasteiger partial charge in [-0.2, -0.15) is 0 Å². The number of hydrogen-bond donors (Lipinski definition) is 1. The lowest BCUT2D eigenvalue weighted by atomic mass is 9.97. The number of carbonyl (C=O) groups excluding carboxylic acids is 1. The molecule has 0 amide bonds. The predicted molar refractivity (Wildman–Crippen MR) is 155 cm³/mol. The summed E-state index contributed by atoms with van der Waals surface area (Å²) in [7, 11) is 1.42. The highest BCUT2D eigenvalue weighted by Gasteiger charge is 2.60. The van der Waals surface area contributed by atoms with Crippen molar-refractivity contribution in [2.45, 2.75) is 51.6 Å². The molecule has 10 atom stereocenters. The molecule has 0 spiro atoms. The fourth-order valence-corrected chi connectivity index (χ4v) is 8.80. The number of hydrogen-bond acceptors (Lipinski definition) is 5. The molecule has 4 aliphatic rings. The van der Waals surface area contributed by atoms with Crippen LogP contribution in [-0.2, 0) is 14.3 Å². The maximum Gasteiger partial charge on any atom is 0.308 e. The SMILES string of the molecule is CC(C(=O)O)C1[C@H]2CC(n3cnc4cc(F)c(F)cc43)C[C@@H]12.COC(=O)C(C)C1[C@H]2CC(n3cnc4cc(F)c(F)cc43)C[C@@H]12. The normalized spacial score (nSPS) is 30.7. The zero-order valence-electron chi connectivity index (χ0n) is 25.0. The third kappa shape index (κ3) is 4.96. The molecule has 1 N–H and O–H groups in total. The van der Waals surface area contributed by atoms with Crippen LogP contribution in [-0.4, -0.2) is 43.3 Å². The van der Waals surface area contributed by atoms with Gasteiger partial charge in [-0.1, -0.05) is 13.8 Å². The molecule has 0 bridgehead atoms. The molecule has 8 rings (SSSR count). The maximum atomic E-state index is 13.5. The van der Waals surface area contributed by atoms with Gasteiger partial charge in [0.25, 0.3) is 0 Å². The van der Waals surface area contributed by atoms with Crippen molar-refractivity contribution in [1.82, 2.24) is 19.1 Å². The summed E-state index contributed by atoms with van der Waals surface area (Å²) >= 11 is 0. The van der Waals surface area contributed by atoms with E-state index in [1.165, 1.54) is 19.2 Å². The first-order chi connectivity index (χ1) is 21.5. The van der Waals surface area contributed by atoms with Crippen LogP contribution in [0, 0.1) is 70.6 Å². The molecule has 4 saturated carbocycles. The second kappa shape index (κ2) is 10.8. The third-order valence-corrected chi connectivity index (χ3v) is 11.1. The molecule has 4 fully saturated rings. The lowest BCUT2D eigenvalue weighted by molar-refractivity contribution is -0.146. The van der Waals surface area contributed by atoms with Crippen molar-refractivity contribution < 1.29 is 37.0 Å². The number of carboxylic acid groups (broad SMARTS) is 1. The highest BCUT2D eigenvalue weighted by molar-refractivity contribution is 5.76. The number of esters is 1. The predicted octanol–water partition coefficient (Wildman–Crippen LogP) is 6.55. The quantitative estimate of drug-likeness (QED) is 0.193. The first-order valence-electron chi connectivity index (χ1n) is 15.4. The Morgan fingerprint density at radius 1 is 0.733 bits per heavy atom. The molecule has 2 aromatic heterocycles. The van der Waals surface area contributed by atoms with Gasteiger partial charge in [-0.05, 0) is 61.2 Å². The van der Waals surface area contributed by atoms with E-state index >= 15 is 0 Å². The molecular formula is C33H34F4N4O4. The number of ether oxygens (including phenoxy) is 1. The van der Waals surface area contributed by atoms with Gasteiger partial charge in [0.15, 0.2) is 23.3 Å². The summed E-state index contributed by atoms with van der Waals surface area (Å²) in [5.74, 6) is -2.19. The number of imidazole rings is 2. The van der Waals surface area contributed by atoms with E-state index in [4.69, 9.17) is 9.84 Å². The molecule has 238 valence electrons. The molecule has 0 saturated heterocycles. The third-order valence-electron chi connectivity index (χ3n) is 11.1. The van der Waals surface area contributed by atoms with Crippen molar-refractivity contribution >= 4 is 34.0 Å². The van der Waals surface area contributed by atoms with Gasteiger partial charge < -0.3 is 19.0 Å². The van der Waals surface area contributed by atoms with Gasteiger partial charge in [-0.3, -0.25) is 9.59 Å². The first-order valence-corrected chi connectivity index (χ1v) is 15.4. The van der Waals surface area contributed by atoms with Crippen molar-refractivity contribution in [1.29, 1.82) is 0 Å². The van der Waals surface area contributed by atoms with Gasteiger partial charge in [0, 0.05) is 36.3 Å². The minimum atomic E-state index is -0.887. The molecule has 12 heteroatoms. The fourth-order valence-electron chi connectivity index (χ4n) is 8.80. The van der Waals surface area contributed by atoms with Gasteiger partial charge in [0.1, 0.15) is 0 Å². The number of aliphatic carboxylic acids is 1. The highest BCUT2D eigenvalue weighted by Crippen LogP contribution is 2.65. The van der Waals surface area contributed by atoms with E-state index in [9.17, 15) is 27.2 Å². The van der Waals surface area contributed by atoms with Crippen LogP contribution in [0.15, 0.2) is 36.9 Å². The Labute approximate surface area is 256 Å². The minimum absolute atomic E-state index is 0.0676. The Morgan fingerprint density at radius 3 is 1.49 bits per heavy atom. The van der Waals surface area contributed by atoms with Crippen LogP contribution >= 0.6 is 0 Å². The van der Waals surface area contributed by atoms with E-state index in [1.807, 2.05) is 16.1 Å². The van der Waals surface area contributed by atoms with E-state index in [2.05, 4.69) is 9.97 Å². The number of methoxy groups -OCH3 is 1. The summed E-state index contributed by atoms with van der Waals surface area (Å²) in [6.45, 7) is 3.69. The van der Waals surface area contributed by atoms with Crippen LogP contribution in [0.2, 0.25) is 0 Å². The Morgan fingerprint density at radius 2 is 1.11 bits per heavy atom. The van der Waals surface area contributed by atoms with Crippen LogP contribution in [0.4, 0.5) is 17.6 Å². The van der Waals surface area contributed by atoms with Gasteiger partial charge in [0.2, 0.25) is 0 Å². The summed E-state index contributed by atoms with van der Waals surface area (Å²) in [6, 6.07) is 5.10. The van der Waals surface area contributed by atoms with Crippen LogP contribution in [0.5, 0.6) is 0 Å². The van der Waals surface area contributed by atoms with E-state index in [0.29, 0.717) is 51.7 Å². The van der Waals surface area contributed by atoms with E-state index in [0.717, 1.165) is 37.8 Å². The lowest BCUT2D eigenvalue weighted by Crippen LogP contribution is -2.18. The molecule has 45 heavy (non-hydrogen) atoms. The molecule has 4 aliphatic carbocycles. The number of aromatic nitrogens is 4. The molecule has 2 aromatic carbocycles. The molecule has 2 heterocycles. The average molecular weight is 627 g/mol. The number of benzene rings is 2.